The lowest BCUT2D eigenvalue weighted by atomic mass is 10.2. The van der Waals surface area contributed by atoms with Crippen molar-refractivity contribution < 1.29 is 48.8 Å². The van der Waals surface area contributed by atoms with Gasteiger partial charge >= 0.3 is 18.1 Å². The molecule has 2 aromatic rings. The number of halogens is 6. The third kappa shape index (κ3) is 4.82. The summed E-state index contributed by atoms with van der Waals surface area (Å²) in [7, 11) is -4.94. The monoisotopic (exact) mass is 441 g/mol. The van der Waals surface area contributed by atoms with Crippen molar-refractivity contribution in [1.82, 2.24) is 0 Å². The van der Waals surface area contributed by atoms with Crippen molar-refractivity contribution in [3.05, 3.63) is 60.7 Å². The minimum atomic E-state index is -6.14. The highest BCUT2D eigenvalue weighted by Crippen LogP contribution is 2.47. The molecule has 0 saturated heterocycles. The van der Waals surface area contributed by atoms with Gasteiger partial charge in [-0.25, -0.2) is 8.42 Å². The van der Waals surface area contributed by atoms with Crippen LogP contribution in [0.5, 0.6) is 11.5 Å². The summed E-state index contributed by atoms with van der Waals surface area (Å²) in [5.74, 6) is -8.05. The van der Waals surface area contributed by atoms with E-state index in [0.29, 0.717) is 29.8 Å². The first kappa shape index (κ1) is 22.6. The van der Waals surface area contributed by atoms with Gasteiger partial charge in [0.1, 0.15) is 21.6 Å². The zero-order valence-electron chi connectivity index (χ0n) is 14.1. The summed E-state index contributed by atoms with van der Waals surface area (Å²) in [6, 6.07) is 5.89. The molecule has 0 unspecified atom stereocenters. The molecule has 0 aliphatic carbocycles. The van der Waals surface area contributed by atoms with Crippen LogP contribution in [0.15, 0.2) is 60.0 Å². The number of hydrogen-bond acceptors (Lipinski definition) is 5. The smallest absolute Gasteiger partial charge is 0.475 e. The zero-order chi connectivity index (χ0) is 22.1. The van der Waals surface area contributed by atoms with Crippen LogP contribution < -0.4 is 9.47 Å². The Bertz CT molecular complexity index is 972. The van der Waals surface area contributed by atoms with Gasteiger partial charge in [-0.05, 0) is 42.0 Å². The molecule has 2 rings (SSSR count). The molecule has 0 N–H and O–H groups in total. The second-order valence-electron chi connectivity index (χ2n) is 5.51. The molecule has 5 nitrogen and oxygen atoms in total. The predicted molar refractivity (Wildman–Crippen MR) is 87.0 cm³/mol. The summed E-state index contributed by atoms with van der Waals surface area (Å²) in [6.07, 6.45) is -10.1. The maximum absolute atomic E-state index is 13.9. The van der Waals surface area contributed by atoms with Crippen molar-refractivity contribution in [1.29, 1.82) is 0 Å². The van der Waals surface area contributed by atoms with E-state index in [2.05, 4.69) is 16.1 Å². The van der Waals surface area contributed by atoms with Crippen LogP contribution >= 0.6 is 0 Å². The highest BCUT2D eigenvalue weighted by Gasteiger charge is 2.77. The van der Waals surface area contributed by atoms with Crippen LogP contribution in [-0.4, -0.2) is 31.1 Å². The second kappa shape index (κ2) is 7.59. The summed E-state index contributed by atoms with van der Waals surface area (Å²) in [6.45, 7) is 3.39. The van der Waals surface area contributed by atoms with Gasteiger partial charge in [0, 0.05) is 0 Å². The second-order valence-corrected chi connectivity index (χ2v) is 6.89. The molecule has 0 radical (unpaired) electrons. The van der Waals surface area contributed by atoms with Crippen LogP contribution in [0.25, 0.3) is 6.08 Å². The Morgan fingerprint density at radius 2 is 1.17 bits per heavy atom. The molecule has 158 valence electrons. The standard InChI is InChI=1S/C17H12F6O5S/c1-2-11-3-5-12(6-4-11)27-16(20,21)15(18,19)17(22,23)28-13-7-9-14(10-8-13)29(24,25)26/h2-10H,1H2,(H,24,25,26)/p-1. The zero-order valence-corrected chi connectivity index (χ0v) is 14.9. The van der Waals surface area contributed by atoms with Crippen molar-refractivity contribution in [2.24, 2.45) is 0 Å². The van der Waals surface area contributed by atoms with E-state index in [4.69, 9.17) is 0 Å². The first-order valence-corrected chi connectivity index (χ1v) is 8.90. The molecule has 0 amide bonds. The van der Waals surface area contributed by atoms with Crippen molar-refractivity contribution >= 4 is 16.2 Å². The van der Waals surface area contributed by atoms with Gasteiger partial charge < -0.3 is 14.0 Å². The normalized spacial score (nSPS) is 13.1. The van der Waals surface area contributed by atoms with Gasteiger partial charge in [-0.2, -0.15) is 26.3 Å². The first-order valence-electron chi connectivity index (χ1n) is 7.49. The van der Waals surface area contributed by atoms with Gasteiger partial charge in [-0.3, -0.25) is 0 Å². The average molecular weight is 441 g/mol. The third-order valence-corrected chi connectivity index (χ3v) is 4.30. The third-order valence-electron chi connectivity index (χ3n) is 3.45. The number of ether oxygens (including phenoxy) is 2. The van der Waals surface area contributed by atoms with E-state index in [1.54, 1.807) is 0 Å². The molecule has 29 heavy (non-hydrogen) atoms. The molecule has 0 aliphatic rings. The molecule has 0 fully saturated rings. The Hall–Kier alpha value is -2.73. The van der Waals surface area contributed by atoms with Crippen molar-refractivity contribution in [3.63, 3.8) is 0 Å². The molecule has 0 aliphatic heterocycles. The maximum atomic E-state index is 13.9. The van der Waals surface area contributed by atoms with E-state index >= 15 is 0 Å². The van der Waals surface area contributed by atoms with E-state index in [1.807, 2.05) is 0 Å². The Labute approximate surface area is 160 Å². The van der Waals surface area contributed by atoms with E-state index < -0.39 is 44.7 Å². The minimum absolute atomic E-state index is 0.432. The lowest BCUT2D eigenvalue weighted by Gasteiger charge is -2.31. The van der Waals surface area contributed by atoms with Gasteiger partial charge in [-0.1, -0.05) is 24.8 Å². The molecule has 0 atom stereocenters. The lowest BCUT2D eigenvalue weighted by molar-refractivity contribution is -0.415. The fraction of sp³-hybridized carbons (Fsp3) is 0.176. The SMILES string of the molecule is C=Cc1ccc(OC(F)(F)C(F)(F)C(F)(F)Oc2ccc(S(=O)(=O)[O-])cc2)cc1. The van der Waals surface area contributed by atoms with Crippen molar-refractivity contribution in [3.8, 4) is 11.5 Å². The topological polar surface area (TPSA) is 75.7 Å². The van der Waals surface area contributed by atoms with Gasteiger partial charge in [0.05, 0.1) is 4.90 Å². The summed E-state index contributed by atoms with van der Waals surface area (Å²) in [4.78, 5) is -0.864. The molecule has 0 spiro atoms. The average Bonchev–Trinajstić information content (AvgIpc) is 2.61. The van der Waals surface area contributed by atoms with Crippen molar-refractivity contribution in [2.75, 3.05) is 0 Å². The highest BCUT2D eigenvalue weighted by atomic mass is 32.2. The van der Waals surface area contributed by atoms with Crippen LogP contribution in [-0.2, 0) is 10.1 Å². The van der Waals surface area contributed by atoms with E-state index in [1.165, 1.54) is 18.2 Å². The molecule has 0 saturated carbocycles. The summed E-state index contributed by atoms with van der Waals surface area (Å²) in [5, 5.41) is 0. The molecular weight excluding hydrogens is 430 g/mol. The van der Waals surface area contributed by atoms with E-state index in [-0.39, 0.29) is 0 Å². The van der Waals surface area contributed by atoms with Crippen LogP contribution in [0.3, 0.4) is 0 Å². The van der Waals surface area contributed by atoms with Gasteiger partial charge in [0.25, 0.3) is 0 Å². The van der Waals surface area contributed by atoms with Crippen LogP contribution in [0.4, 0.5) is 26.3 Å². The molecule has 0 aromatic heterocycles. The Kier molecular flexibility index (Phi) is 5.91. The van der Waals surface area contributed by atoms with Crippen LogP contribution in [0, 0.1) is 0 Å². The van der Waals surface area contributed by atoms with Crippen molar-refractivity contribution in [2.45, 2.75) is 23.0 Å². The quantitative estimate of drug-likeness (QED) is 0.445. The number of hydrogen-bond donors (Lipinski definition) is 0. The predicted octanol–water partition coefficient (Wildman–Crippen LogP) is 4.51. The largest absolute Gasteiger partial charge is 0.744 e. The fourth-order valence-electron chi connectivity index (χ4n) is 1.94. The van der Waals surface area contributed by atoms with Gasteiger partial charge in [0.15, 0.2) is 0 Å². The van der Waals surface area contributed by atoms with Gasteiger partial charge in [-0.15, -0.1) is 0 Å². The Balaban J connectivity index is 2.24. The number of benzene rings is 2. The lowest BCUT2D eigenvalue weighted by Crippen LogP contribution is -2.59. The Morgan fingerprint density at radius 1 is 0.793 bits per heavy atom. The fourth-order valence-corrected chi connectivity index (χ4v) is 2.41. The van der Waals surface area contributed by atoms with Crippen LogP contribution in [0.1, 0.15) is 5.56 Å². The summed E-state index contributed by atoms with van der Waals surface area (Å²) < 4.78 is 123. The maximum Gasteiger partial charge on any atom is 0.475 e. The molecular formula is C17H11F6O5S-. The van der Waals surface area contributed by atoms with E-state index in [0.717, 1.165) is 12.1 Å². The van der Waals surface area contributed by atoms with Crippen LogP contribution in [0.2, 0.25) is 0 Å². The van der Waals surface area contributed by atoms with Gasteiger partial charge in [0.2, 0.25) is 0 Å². The number of alkyl halides is 6. The molecule has 0 bridgehead atoms. The Morgan fingerprint density at radius 3 is 1.52 bits per heavy atom. The highest BCUT2D eigenvalue weighted by molar-refractivity contribution is 7.85. The van der Waals surface area contributed by atoms with E-state index in [9.17, 15) is 39.3 Å². The summed E-state index contributed by atoms with van der Waals surface area (Å²) >= 11 is 0. The first-order chi connectivity index (χ1) is 13.2. The molecule has 2 aromatic carbocycles. The summed E-state index contributed by atoms with van der Waals surface area (Å²) in [5.41, 5.74) is 0.435. The molecule has 12 heteroatoms. The minimum Gasteiger partial charge on any atom is -0.744 e. The molecule has 0 heterocycles. The number of rotatable bonds is 8.